The quantitative estimate of drug-likeness (QED) is 0.554. The van der Waals surface area contributed by atoms with Crippen molar-refractivity contribution in [1.82, 2.24) is 15.2 Å². The third-order valence-corrected chi connectivity index (χ3v) is 6.81. The summed E-state index contributed by atoms with van der Waals surface area (Å²) in [6, 6.07) is 11.5. The van der Waals surface area contributed by atoms with Gasteiger partial charge in [0.05, 0.1) is 4.90 Å². The predicted molar refractivity (Wildman–Crippen MR) is 126 cm³/mol. The van der Waals surface area contributed by atoms with Gasteiger partial charge < -0.3 is 4.74 Å². The van der Waals surface area contributed by atoms with Crippen LogP contribution in [0, 0.1) is 0 Å². The zero-order valence-corrected chi connectivity index (χ0v) is 20.1. The Morgan fingerprint density at radius 1 is 0.824 bits per heavy atom. The Labute approximate surface area is 198 Å². The van der Waals surface area contributed by atoms with E-state index in [1.807, 2.05) is 0 Å². The molecule has 1 fully saturated rings. The lowest BCUT2D eigenvalue weighted by atomic mass is 10.2. The minimum absolute atomic E-state index is 0.120. The van der Waals surface area contributed by atoms with Gasteiger partial charge >= 0.3 is 6.09 Å². The predicted octanol–water partition coefficient (Wildman–Crippen LogP) is 2.89. The maximum atomic E-state index is 12.6. The van der Waals surface area contributed by atoms with E-state index >= 15 is 0 Å². The summed E-state index contributed by atoms with van der Waals surface area (Å²) in [5.74, 6) is -1.16. The van der Waals surface area contributed by atoms with Crippen molar-refractivity contribution < 1.29 is 27.5 Å². The van der Waals surface area contributed by atoms with Crippen LogP contribution in [0.1, 0.15) is 54.3 Å². The van der Waals surface area contributed by atoms with Crippen molar-refractivity contribution in [3.63, 3.8) is 0 Å². The number of nitrogens with one attached hydrogen (secondary N) is 3. The first kappa shape index (κ1) is 25.2. The van der Waals surface area contributed by atoms with Crippen LogP contribution >= 0.6 is 0 Å². The van der Waals surface area contributed by atoms with Gasteiger partial charge in [-0.3, -0.25) is 25.8 Å². The lowest BCUT2D eigenvalue weighted by Crippen LogP contribution is -2.41. The minimum atomic E-state index is -3.57. The number of sulfonamides is 1. The van der Waals surface area contributed by atoms with Crippen LogP contribution in [0.15, 0.2) is 53.4 Å². The number of carbonyl (C=O) groups is 3. The Morgan fingerprint density at radius 3 is 1.76 bits per heavy atom. The van der Waals surface area contributed by atoms with Crippen LogP contribution in [0.4, 0.5) is 10.5 Å². The molecule has 0 bridgehead atoms. The molecule has 1 aliphatic heterocycles. The molecule has 3 rings (SSSR count). The normalized spacial score (nSPS) is 14.3. The van der Waals surface area contributed by atoms with Crippen molar-refractivity contribution in [3.05, 3.63) is 59.7 Å². The number of hydrogen-bond donors (Lipinski definition) is 3. The number of ether oxygens (including phenoxy) is 1. The summed E-state index contributed by atoms with van der Waals surface area (Å²) in [6.07, 6.45) is 1.06. The van der Waals surface area contributed by atoms with Gasteiger partial charge in [-0.1, -0.05) is 0 Å². The fraction of sp³-hybridized carbons (Fsp3) is 0.348. The number of amides is 3. The van der Waals surface area contributed by atoms with Crippen molar-refractivity contribution in [2.45, 2.75) is 44.1 Å². The number of benzene rings is 2. The molecule has 3 N–H and O–H groups in total. The van der Waals surface area contributed by atoms with E-state index in [4.69, 9.17) is 4.74 Å². The van der Waals surface area contributed by atoms with E-state index < -0.39 is 33.5 Å². The molecule has 1 saturated heterocycles. The van der Waals surface area contributed by atoms with Gasteiger partial charge in [-0.2, -0.15) is 4.31 Å². The molecule has 10 nitrogen and oxygen atoms in total. The maximum absolute atomic E-state index is 12.6. The summed E-state index contributed by atoms with van der Waals surface area (Å²) in [6.45, 7) is 6.24. The molecule has 0 atom stereocenters. The Kier molecular flexibility index (Phi) is 7.57. The van der Waals surface area contributed by atoms with Crippen molar-refractivity contribution >= 4 is 33.6 Å². The van der Waals surface area contributed by atoms with Gasteiger partial charge in [0, 0.05) is 29.9 Å². The highest BCUT2D eigenvalue weighted by atomic mass is 32.2. The molecule has 182 valence electrons. The monoisotopic (exact) mass is 488 g/mol. The molecule has 1 heterocycles. The minimum Gasteiger partial charge on any atom is -0.444 e. The molecular weight excluding hydrogens is 460 g/mol. The Balaban J connectivity index is 1.53. The third-order valence-electron chi connectivity index (χ3n) is 4.90. The van der Waals surface area contributed by atoms with Gasteiger partial charge in [-0.05, 0) is 82.1 Å². The highest BCUT2D eigenvalue weighted by Gasteiger charge is 2.27. The standard InChI is InChI=1S/C23H28N4O6S/c1-23(2,3)33-22(30)24-18-10-6-16(7-11-18)20(28)25-26-21(29)17-8-12-19(13-9-17)34(31,32)27-14-4-5-15-27/h6-13H,4-5,14-15H2,1-3H3,(H,24,30)(H,25,28)(H,26,29). The number of hydrazine groups is 1. The molecular formula is C23H28N4O6S. The fourth-order valence-corrected chi connectivity index (χ4v) is 4.76. The van der Waals surface area contributed by atoms with Crippen LogP contribution in [0.2, 0.25) is 0 Å². The van der Waals surface area contributed by atoms with E-state index in [0.29, 0.717) is 18.8 Å². The average Bonchev–Trinajstić information content (AvgIpc) is 3.32. The van der Waals surface area contributed by atoms with E-state index in [1.54, 1.807) is 20.8 Å². The van der Waals surface area contributed by atoms with Crippen LogP contribution in [0.3, 0.4) is 0 Å². The maximum Gasteiger partial charge on any atom is 0.412 e. The molecule has 0 aromatic heterocycles. The first-order valence-corrected chi connectivity index (χ1v) is 12.2. The van der Waals surface area contributed by atoms with E-state index in [0.717, 1.165) is 12.8 Å². The highest BCUT2D eigenvalue weighted by Crippen LogP contribution is 2.21. The van der Waals surface area contributed by atoms with Crippen LogP contribution in [-0.2, 0) is 14.8 Å². The second kappa shape index (κ2) is 10.2. The molecule has 3 amide bonds. The van der Waals surface area contributed by atoms with Crippen molar-refractivity contribution in [1.29, 1.82) is 0 Å². The smallest absolute Gasteiger partial charge is 0.412 e. The molecule has 0 unspecified atom stereocenters. The van der Waals surface area contributed by atoms with Crippen molar-refractivity contribution in [2.24, 2.45) is 0 Å². The molecule has 11 heteroatoms. The van der Waals surface area contributed by atoms with Crippen LogP contribution < -0.4 is 16.2 Å². The van der Waals surface area contributed by atoms with Crippen LogP contribution in [-0.4, -0.2) is 49.3 Å². The summed E-state index contributed by atoms with van der Waals surface area (Å²) >= 11 is 0. The molecule has 2 aromatic carbocycles. The van der Waals surface area contributed by atoms with Crippen molar-refractivity contribution in [2.75, 3.05) is 18.4 Å². The third kappa shape index (κ3) is 6.55. The van der Waals surface area contributed by atoms with E-state index in [2.05, 4.69) is 16.2 Å². The molecule has 0 spiro atoms. The number of carbonyl (C=O) groups excluding carboxylic acids is 3. The molecule has 1 aliphatic rings. The van der Waals surface area contributed by atoms with Crippen LogP contribution in [0.5, 0.6) is 0 Å². The Hall–Kier alpha value is -3.44. The van der Waals surface area contributed by atoms with Crippen molar-refractivity contribution in [3.8, 4) is 0 Å². The molecule has 2 aromatic rings. The fourth-order valence-electron chi connectivity index (χ4n) is 3.24. The molecule has 34 heavy (non-hydrogen) atoms. The zero-order valence-electron chi connectivity index (χ0n) is 19.3. The second-order valence-corrected chi connectivity index (χ2v) is 10.7. The average molecular weight is 489 g/mol. The highest BCUT2D eigenvalue weighted by molar-refractivity contribution is 7.89. The van der Waals surface area contributed by atoms with Gasteiger partial charge in [0.1, 0.15) is 5.60 Å². The summed E-state index contributed by atoms with van der Waals surface area (Å²) in [5.41, 5.74) is 4.85. The summed E-state index contributed by atoms with van der Waals surface area (Å²) in [4.78, 5) is 36.6. The van der Waals surface area contributed by atoms with Gasteiger partial charge in [-0.25, -0.2) is 13.2 Å². The summed E-state index contributed by atoms with van der Waals surface area (Å²) in [5, 5.41) is 2.56. The van der Waals surface area contributed by atoms with E-state index in [-0.39, 0.29) is 16.0 Å². The van der Waals surface area contributed by atoms with Crippen LogP contribution in [0.25, 0.3) is 0 Å². The van der Waals surface area contributed by atoms with Gasteiger partial charge in [-0.15, -0.1) is 0 Å². The van der Waals surface area contributed by atoms with Gasteiger partial charge in [0.2, 0.25) is 10.0 Å². The number of anilines is 1. The summed E-state index contributed by atoms with van der Waals surface area (Å²) in [7, 11) is -3.57. The topological polar surface area (TPSA) is 134 Å². The Morgan fingerprint density at radius 2 is 1.29 bits per heavy atom. The second-order valence-electron chi connectivity index (χ2n) is 8.75. The SMILES string of the molecule is CC(C)(C)OC(=O)Nc1ccc(C(=O)NNC(=O)c2ccc(S(=O)(=O)N3CCCC3)cc2)cc1. The summed E-state index contributed by atoms with van der Waals surface area (Å²) < 4.78 is 31.7. The zero-order chi connectivity index (χ0) is 24.9. The molecule has 0 aliphatic carbocycles. The lowest BCUT2D eigenvalue weighted by Gasteiger charge is -2.19. The first-order chi connectivity index (χ1) is 16.0. The number of rotatable bonds is 5. The number of hydrogen-bond acceptors (Lipinski definition) is 6. The lowest BCUT2D eigenvalue weighted by molar-refractivity contribution is 0.0635. The number of nitrogens with zero attached hydrogens (tertiary/aromatic N) is 1. The largest absolute Gasteiger partial charge is 0.444 e. The Bertz CT molecular complexity index is 1150. The van der Waals surface area contributed by atoms with Gasteiger partial charge in [0.25, 0.3) is 11.8 Å². The van der Waals surface area contributed by atoms with E-state index in [9.17, 15) is 22.8 Å². The first-order valence-electron chi connectivity index (χ1n) is 10.8. The molecule has 0 radical (unpaired) electrons. The molecule has 0 saturated carbocycles. The van der Waals surface area contributed by atoms with E-state index in [1.165, 1.54) is 52.8 Å². The van der Waals surface area contributed by atoms with Gasteiger partial charge in [0.15, 0.2) is 0 Å².